The maximum absolute atomic E-state index is 5.16. The standard InChI is InChI=1S/C8H17NO/c1-7(2)4-9-5-8(6-9)10-3/h7-8H,4-6H2,1-3H3. The highest BCUT2D eigenvalue weighted by molar-refractivity contribution is 4.80. The second-order valence-corrected chi connectivity index (χ2v) is 3.47. The Bertz CT molecular complexity index is 97.4. The summed E-state index contributed by atoms with van der Waals surface area (Å²) in [5, 5.41) is 0. The third-order valence-electron chi connectivity index (χ3n) is 1.88. The number of rotatable bonds is 3. The minimum Gasteiger partial charge on any atom is -0.379 e. The lowest BCUT2D eigenvalue weighted by molar-refractivity contribution is -0.0337. The zero-order chi connectivity index (χ0) is 7.56. The summed E-state index contributed by atoms with van der Waals surface area (Å²) >= 11 is 0. The zero-order valence-electron chi connectivity index (χ0n) is 7.13. The van der Waals surface area contributed by atoms with E-state index < -0.39 is 0 Å². The van der Waals surface area contributed by atoms with E-state index in [9.17, 15) is 0 Å². The average molecular weight is 143 g/mol. The van der Waals surface area contributed by atoms with E-state index >= 15 is 0 Å². The molecule has 0 atom stereocenters. The number of likely N-dealkylation sites (tertiary alicyclic amines) is 1. The van der Waals surface area contributed by atoms with Crippen LogP contribution in [0.3, 0.4) is 0 Å². The van der Waals surface area contributed by atoms with Gasteiger partial charge in [0.25, 0.3) is 0 Å². The van der Waals surface area contributed by atoms with Crippen LogP contribution >= 0.6 is 0 Å². The lowest BCUT2D eigenvalue weighted by atomic mass is 10.1. The molecule has 1 saturated heterocycles. The molecule has 0 saturated carbocycles. The maximum atomic E-state index is 5.16. The van der Waals surface area contributed by atoms with Crippen LogP contribution in [0.15, 0.2) is 0 Å². The Labute approximate surface area is 63.2 Å². The Morgan fingerprint density at radius 3 is 2.50 bits per heavy atom. The molecule has 0 aromatic heterocycles. The van der Waals surface area contributed by atoms with Gasteiger partial charge in [0.05, 0.1) is 6.10 Å². The van der Waals surface area contributed by atoms with E-state index in [1.807, 2.05) is 0 Å². The molecule has 10 heavy (non-hydrogen) atoms. The van der Waals surface area contributed by atoms with Crippen molar-refractivity contribution in [1.82, 2.24) is 4.90 Å². The summed E-state index contributed by atoms with van der Waals surface area (Å²) in [6.07, 6.45) is 0.513. The van der Waals surface area contributed by atoms with Crippen LogP contribution in [0.4, 0.5) is 0 Å². The van der Waals surface area contributed by atoms with E-state index in [1.54, 1.807) is 7.11 Å². The van der Waals surface area contributed by atoms with E-state index in [4.69, 9.17) is 4.74 Å². The molecular weight excluding hydrogens is 126 g/mol. The highest BCUT2D eigenvalue weighted by atomic mass is 16.5. The Morgan fingerprint density at radius 2 is 2.10 bits per heavy atom. The number of methoxy groups -OCH3 is 1. The van der Waals surface area contributed by atoms with Gasteiger partial charge >= 0.3 is 0 Å². The summed E-state index contributed by atoms with van der Waals surface area (Å²) in [4.78, 5) is 2.43. The molecule has 0 unspecified atom stereocenters. The third kappa shape index (κ3) is 1.96. The van der Waals surface area contributed by atoms with Crippen LogP contribution in [0.1, 0.15) is 13.8 Å². The second kappa shape index (κ2) is 3.35. The molecule has 0 radical (unpaired) electrons. The first-order valence-electron chi connectivity index (χ1n) is 3.97. The van der Waals surface area contributed by atoms with E-state index in [0.717, 1.165) is 19.0 Å². The van der Waals surface area contributed by atoms with Gasteiger partial charge in [0.1, 0.15) is 0 Å². The van der Waals surface area contributed by atoms with Crippen LogP contribution in [0.5, 0.6) is 0 Å². The molecule has 0 spiro atoms. The van der Waals surface area contributed by atoms with Gasteiger partial charge in [-0.3, -0.25) is 4.90 Å². The number of hydrogen-bond donors (Lipinski definition) is 0. The predicted molar refractivity (Wildman–Crippen MR) is 42.1 cm³/mol. The number of hydrogen-bond acceptors (Lipinski definition) is 2. The van der Waals surface area contributed by atoms with Gasteiger partial charge < -0.3 is 4.74 Å². The van der Waals surface area contributed by atoms with Gasteiger partial charge in [-0.15, -0.1) is 0 Å². The van der Waals surface area contributed by atoms with Crippen LogP contribution in [-0.2, 0) is 4.74 Å². The van der Waals surface area contributed by atoms with Gasteiger partial charge in [-0.2, -0.15) is 0 Å². The van der Waals surface area contributed by atoms with Gasteiger partial charge in [0, 0.05) is 26.7 Å². The van der Waals surface area contributed by atoms with Crippen molar-refractivity contribution in [1.29, 1.82) is 0 Å². The van der Waals surface area contributed by atoms with Crippen molar-refractivity contribution in [3.05, 3.63) is 0 Å². The molecule has 1 heterocycles. The summed E-state index contributed by atoms with van der Waals surface area (Å²) in [6.45, 7) is 7.99. The van der Waals surface area contributed by atoms with Gasteiger partial charge in [0.2, 0.25) is 0 Å². The van der Waals surface area contributed by atoms with Gasteiger partial charge in [-0.25, -0.2) is 0 Å². The van der Waals surface area contributed by atoms with Crippen LogP contribution in [-0.4, -0.2) is 37.7 Å². The first-order valence-corrected chi connectivity index (χ1v) is 3.97. The average Bonchev–Trinajstić information content (AvgIpc) is 1.76. The summed E-state index contributed by atoms with van der Waals surface area (Å²) in [6, 6.07) is 0. The molecule has 60 valence electrons. The molecule has 0 bridgehead atoms. The van der Waals surface area contributed by atoms with Crippen LogP contribution in [0.2, 0.25) is 0 Å². The summed E-state index contributed by atoms with van der Waals surface area (Å²) < 4.78 is 5.16. The van der Waals surface area contributed by atoms with E-state index in [2.05, 4.69) is 18.7 Å². The van der Waals surface area contributed by atoms with Crippen molar-refractivity contribution in [3.8, 4) is 0 Å². The maximum Gasteiger partial charge on any atom is 0.0824 e. The summed E-state index contributed by atoms with van der Waals surface area (Å²) in [7, 11) is 1.79. The Kier molecular flexibility index (Phi) is 2.69. The molecule has 0 aromatic carbocycles. The third-order valence-corrected chi connectivity index (χ3v) is 1.88. The molecule has 1 fully saturated rings. The minimum atomic E-state index is 0.513. The first kappa shape index (κ1) is 8.02. The lowest BCUT2D eigenvalue weighted by Crippen LogP contribution is -2.52. The molecule has 0 aliphatic carbocycles. The number of nitrogens with zero attached hydrogens (tertiary/aromatic N) is 1. The monoisotopic (exact) mass is 143 g/mol. The Hall–Kier alpha value is -0.0800. The van der Waals surface area contributed by atoms with Crippen LogP contribution in [0, 0.1) is 5.92 Å². The van der Waals surface area contributed by atoms with Crippen LogP contribution in [0.25, 0.3) is 0 Å². The van der Waals surface area contributed by atoms with Crippen LogP contribution < -0.4 is 0 Å². The Balaban J connectivity index is 2.03. The SMILES string of the molecule is COC1CN(CC(C)C)C1. The van der Waals surface area contributed by atoms with Crippen molar-refractivity contribution >= 4 is 0 Å². The highest BCUT2D eigenvalue weighted by Gasteiger charge is 2.25. The Morgan fingerprint density at radius 1 is 1.50 bits per heavy atom. The molecule has 2 nitrogen and oxygen atoms in total. The quantitative estimate of drug-likeness (QED) is 0.584. The molecular formula is C8H17NO. The topological polar surface area (TPSA) is 12.5 Å². The van der Waals surface area contributed by atoms with E-state index in [-0.39, 0.29) is 0 Å². The van der Waals surface area contributed by atoms with Gasteiger partial charge in [-0.05, 0) is 5.92 Å². The van der Waals surface area contributed by atoms with Crippen molar-refractivity contribution in [3.63, 3.8) is 0 Å². The second-order valence-electron chi connectivity index (χ2n) is 3.47. The van der Waals surface area contributed by atoms with E-state index in [0.29, 0.717) is 6.10 Å². The highest BCUT2D eigenvalue weighted by Crippen LogP contribution is 2.12. The van der Waals surface area contributed by atoms with Crippen molar-refractivity contribution in [2.24, 2.45) is 5.92 Å². The molecule has 0 N–H and O–H groups in total. The summed E-state index contributed by atoms with van der Waals surface area (Å²) in [5.74, 6) is 0.790. The van der Waals surface area contributed by atoms with Crippen molar-refractivity contribution < 1.29 is 4.74 Å². The smallest absolute Gasteiger partial charge is 0.0824 e. The molecule has 1 aliphatic rings. The van der Waals surface area contributed by atoms with Gasteiger partial charge in [0.15, 0.2) is 0 Å². The van der Waals surface area contributed by atoms with E-state index in [1.165, 1.54) is 6.54 Å². The molecule has 1 aliphatic heterocycles. The first-order chi connectivity index (χ1) is 4.72. The molecule has 0 amide bonds. The molecule has 1 rings (SSSR count). The fourth-order valence-corrected chi connectivity index (χ4v) is 1.34. The van der Waals surface area contributed by atoms with Gasteiger partial charge in [-0.1, -0.05) is 13.8 Å². The largest absolute Gasteiger partial charge is 0.379 e. The molecule has 0 aromatic rings. The number of ether oxygens (including phenoxy) is 1. The van der Waals surface area contributed by atoms with Crippen molar-refractivity contribution in [2.75, 3.05) is 26.7 Å². The fourth-order valence-electron chi connectivity index (χ4n) is 1.34. The zero-order valence-corrected chi connectivity index (χ0v) is 7.13. The minimum absolute atomic E-state index is 0.513. The normalized spacial score (nSPS) is 21.6. The molecule has 2 heteroatoms. The predicted octanol–water partition coefficient (Wildman–Crippen LogP) is 0.973. The fraction of sp³-hybridized carbons (Fsp3) is 1.00. The summed E-state index contributed by atoms with van der Waals surface area (Å²) in [5.41, 5.74) is 0. The van der Waals surface area contributed by atoms with Crippen molar-refractivity contribution in [2.45, 2.75) is 20.0 Å². The lowest BCUT2D eigenvalue weighted by Gasteiger charge is -2.39.